The summed E-state index contributed by atoms with van der Waals surface area (Å²) in [7, 11) is 0. The summed E-state index contributed by atoms with van der Waals surface area (Å²) in [5, 5.41) is 2.57. The van der Waals surface area contributed by atoms with E-state index in [0.29, 0.717) is 0 Å². The van der Waals surface area contributed by atoms with Gasteiger partial charge in [-0.2, -0.15) is 0 Å². The normalized spacial score (nSPS) is 25.4. The zero-order valence-corrected chi connectivity index (χ0v) is 32.8. The summed E-state index contributed by atoms with van der Waals surface area (Å²) in [6.07, 6.45) is 13.6. The van der Waals surface area contributed by atoms with Crippen LogP contribution >= 0.6 is 0 Å². The summed E-state index contributed by atoms with van der Waals surface area (Å²) in [5.74, 6) is 3.28. The number of fused-ring (bicyclic) bond motifs is 10. The maximum absolute atomic E-state index is 2.68. The molecule has 7 aliphatic rings. The van der Waals surface area contributed by atoms with Crippen LogP contribution in [0.2, 0.25) is 0 Å². The van der Waals surface area contributed by atoms with Crippen molar-refractivity contribution in [3.05, 3.63) is 174 Å². The van der Waals surface area contributed by atoms with E-state index in [0.717, 1.165) is 23.7 Å². The Bertz CT molecular complexity index is 2740. The zero-order valence-electron chi connectivity index (χ0n) is 32.8. The maximum atomic E-state index is 2.68. The first kappa shape index (κ1) is 32.7. The third-order valence-electron chi connectivity index (χ3n) is 16.3. The molecule has 0 N–H and O–H groups in total. The minimum Gasteiger partial charge on any atom is -0.310 e. The van der Waals surface area contributed by atoms with Gasteiger partial charge in [0.2, 0.25) is 0 Å². The summed E-state index contributed by atoms with van der Waals surface area (Å²) in [6.45, 7) is 0. The first-order chi connectivity index (χ1) is 28.2. The molecule has 14 rings (SSSR count). The van der Waals surface area contributed by atoms with E-state index in [4.69, 9.17) is 0 Å². The lowest BCUT2D eigenvalue weighted by molar-refractivity contribution is 0.0618. The van der Waals surface area contributed by atoms with Crippen LogP contribution < -0.4 is 4.90 Å². The molecule has 7 aromatic rings. The van der Waals surface area contributed by atoms with Gasteiger partial charge in [0.1, 0.15) is 0 Å². The second kappa shape index (κ2) is 12.1. The van der Waals surface area contributed by atoms with Crippen molar-refractivity contribution in [3.63, 3.8) is 0 Å². The smallest absolute Gasteiger partial charge is 0.0468 e. The highest BCUT2D eigenvalue weighted by Crippen LogP contribution is 2.68. The predicted octanol–water partition coefficient (Wildman–Crippen LogP) is 14.9. The zero-order chi connectivity index (χ0) is 37.3. The van der Waals surface area contributed by atoms with Gasteiger partial charge in [0.15, 0.2) is 0 Å². The van der Waals surface area contributed by atoms with Crippen molar-refractivity contribution in [2.45, 2.75) is 75.0 Å². The highest BCUT2D eigenvalue weighted by atomic mass is 15.1. The molecule has 278 valence electrons. The van der Waals surface area contributed by atoms with Crippen molar-refractivity contribution in [1.29, 1.82) is 0 Å². The molecule has 5 fully saturated rings. The number of benzene rings is 7. The van der Waals surface area contributed by atoms with E-state index in [2.05, 4.69) is 157 Å². The van der Waals surface area contributed by atoms with Gasteiger partial charge >= 0.3 is 0 Å². The second-order valence-electron chi connectivity index (χ2n) is 18.8. The topological polar surface area (TPSA) is 3.24 Å². The van der Waals surface area contributed by atoms with Gasteiger partial charge in [-0.05, 0) is 177 Å². The molecule has 7 aliphatic carbocycles. The average molecular weight is 736 g/mol. The van der Waals surface area contributed by atoms with E-state index in [1.165, 1.54) is 125 Å². The molecule has 5 unspecified atom stereocenters. The molecule has 57 heavy (non-hydrogen) atoms. The minimum absolute atomic E-state index is 0.116. The van der Waals surface area contributed by atoms with Crippen LogP contribution in [0.1, 0.15) is 86.5 Å². The van der Waals surface area contributed by atoms with Crippen molar-refractivity contribution >= 4 is 27.8 Å². The molecule has 0 heterocycles. The van der Waals surface area contributed by atoms with E-state index in [1.54, 1.807) is 22.3 Å². The first-order valence-electron chi connectivity index (χ1n) is 22.1. The number of hydrogen-bond donors (Lipinski definition) is 0. The fraction of sp³-hybridized carbons (Fsp3) is 0.286. The van der Waals surface area contributed by atoms with E-state index in [9.17, 15) is 0 Å². The van der Waals surface area contributed by atoms with Gasteiger partial charge in [-0.15, -0.1) is 0 Å². The third-order valence-corrected chi connectivity index (χ3v) is 16.3. The van der Waals surface area contributed by atoms with Gasteiger partial charge in [0.05, 0.1) is 0 Å². The van der Waals surface area contributed by atoms with E-state index < -0.39 is 0 Å². The summed E-state index contributed by atoms with van der Waals surface area (Å²) < 4.78 is 0. The summed E-state index contributed by atoms with van der Waals surface area (Å²) >= 11 is 0. The van der Waals surface area contributed by atoms with E-state index in [1.807, 2.05) is 0 Å². The third kappa shape index (κ3) is 4.52. The van der Waals surface area contributed by atoms with Crippen LogP contribution in [0.15, 0.2) is 152 Å². The summed E-state index contributed by atoms with van der Waals surface area (Å²) in [4.78, 5) is 2.59. The lowest BCUT2D eigenvalue weighted by atomic mass is 9.51. The van der Waals surface area contributed by atoms with Crippen LogP contribution in [0.5, 0.6) is 0 Å². The van der Waals surface area contributed by atoms with Crippen molar-refractivity contribution in [1.82, 2.24) is 0 Å². The molecule has 0 aromatic heterocycles. The monoisotopic (exact) mass is 735 g/mol. The molecule has 0 radical (unpaired) electrons. The largest absolute Gasteiger partial charge is 0.310 e. The molecule has 0 aliphatic heterocycles. The molecule has 0 amide bonds. The van der Waals surface area contributed by atoms with Gasteiger partial charge in [-0.3, -0.25) is 0 Å². The highest BCUT2D eigenvalue weighted by molar-refractivity contribution is 5.91. The maximum Gasteiger partial charge on any atom is 0.0468 e. The fourth-order valence-corrected chi connectivity index (χ4v) is 14.1. The van der Waals surface area contributed by atoms with Gasteiger partial charge < -0.3 is 4.90 Å². The average Bonchev–Trinajstić information content (AvgIpc) is 3.89. The second-order valence-corrected chi connectivity index (χ2v) is 18.8. The number of anilines is 3. The predicted molar refractivity (Wildman–Crippen MR) is 237 cm³/mol. The minimum atomic E-state index is 0.116. The van der Waals surface area contributed by atoms with Crippen LogP contribution in [0.4, 0.5) is 17.1 Å². The van der Waals surface area contributed by atoms with E-state index in [-0.39, 0.29) is 10.8 Å². The molecular weight excluding hydrogens is 687 g/mol. The van der Waals surface area contributed by atoms with E-state index >= 15 is 0 Å². The lowest BCUT2D eigenvalue weighted by Crippen LogP contribution is -2.48. The Labute approximate surface area is 337 Å². The lowest BCUT2D eigenvalue weighted by Gasteiger charge is -2.53. The molecule has 1 nitrogen and oxygen atoms in total. The van der Waals surface area contributed by atoms with Gasteiger partial charge in [-0.25, -0.2) is 0 Å². The van der Waals surface area contributed by atoms with Crippen LogP contribution in [0.25, 0.3) is 44.2 Å². The molecule has 4 bridgehead atoms. The molecule has 2 spiro atoms. The van der Waals surface area contributed by atoms with Crippen molar-refractivity contribution < 1.29 is 0 Å². The van der Waals surface area contributed by atoms with Crippen LogP contribution in [-0.2, 0) is 10.8 Å². The molecule has 1 heteroatoms. The Balaban J connectivity index is 0.996. The van der Waals surface area contributed by atoms with Crippen LogP contribution in [0.3, 0.4) is 0 Å². The van der Waals surface area contributed by atoms with Crippen LogP contribution in [-0.4, -0.2) is 0 Å². The highest BCUT2D eigenvalue weighted by Gasteiger charge is 2.59. The quantitative estimate of drug-likeness (QED) is 0.174. The van der Waals surface area contributed by atoms with Crippen molar-refractivity contribution in [2.24, 2.45) is 23.7 Å². The first-order valence-corrected chi connectivity index (χ1v) is 22.1. The summed E-state index contributed by atoms with van der Waals surface area (Å²) in [6, 6.07) is 59.0. The standard InChI is InChI=1S/C56H49N/c1-2-10-40-33-41(17-16-38(40)9-1)39-18-21-44(22-19-39)57(45-24-26-52-50(34-45)48-12-3-5-13-51(48)55(52)27-7-8-28-55)46-23-25-49-47-11-4-6-14-53(47)56(54(49)35-46)42-20-15-36-29-37(31-42)32-43(56)30-36/h1-6,9-14,16-19,21-26,33-37,42-43H,7-8,15,20,27-32H2. The Morgan fingerprint density at radius 1 is 0.404 bits per heavy atom. The van der Waals surface area contributed by atoms with Crippen molar-refractivity contribution in [2.75, 3.05) is 4.90 Å². The SMILES string of the molecule is c1ccc2c(c1)-c1cc(N(c3ccc(-c4ccc5ccccc5c4)cc3)c3ccc4c(c3)C3(c5ccccc5-4)C4CCC5CC(C4)CC3C5)ccc1C21CCCC1. The van der Waals surface area contributed by atoms with Gasteiger partial charge in [0.25, 0.3) is 0 Å². The molecule has 7 aromatic carbocycles. The number of nitrogens with zero attached hydrogens (tertiary/aromatic N) is 1. The van der Waals surface area contributed by atoms with Crippen LogP contribution in [0, 0.1) is 23.7 Å². The Kier molecular flexibility index (Phi) is 6.91. The number of hydrogen-bond acceptors (Lipinski definition) is 1. The summed E-state index contributed by atoms with van der Waals surface area (Å²) in [5.41, 5.74) is 18.8. The fourth-order valence-electron chi connectivity index (χ4n) is 14.1. The molecule has 5 atom stereocenters. The van der Waals surface area contributed by atoms with Gasteiger partial charge in [-0.1, -0.05) is 128 Å². The molecule has 0 saturated heterocycles. The van der Waals surface area contributed by atoms with Gasteiger partial charge in [0, 0.05) is 27.9 Å². The molecule has 5 saturated carbocycles. The molecular formula is C56H49N. The number of rotatable bonds is 4. The van der Waals surface area contributed by atoms with Crippen molar-refractivity contribution in [3.8, 4) is 33.4 Å². The Morgan fingerprint density at radius 2 is 1.04 bits per heavy atom. The Hall–Kier alpha value is -5.40. The Morgan fingerprint density at radius 3 is 1.89 bits per heavy atom.